The molecule has 0 aromatic heterocycles. The molecular weight excluding hydrogens is 292 g/mol. The van der Waals surface area contributed by atoms with Crippen LogP contribution in [0.15, 0.2) is 29.2 Å². The van der Waals surface area contributed by atoms with Gasteiger partial charge in [-0.15, -0.1) is 0 Å². The second-order valence-electron chi connectivity index (χ2n) is 5.24. The summed E-state index contributed by atoms with van der Waals surface area (Å²) in [7, 11) is -1.65. The van der Waals surface area contributed by atoms with Gasteiger partial charge in [0.1, 0.15) is 0 Å². The van der Waals surface area contributed by atoms with E-state index < -0.39 is 16.0 Å². The smallest absolute Gasteiger partial charge is 0.335 e. The van der Waals surface area contributed by atoms with E-state index in [-0.39, 0.29) is 16.5 Å². The highest BCUT2D eigenvalue weighted by Gasteiger charge is 2.32. The molecule has 1 saturated heterocycles. The van der Waals surface area contributed by atoms with Gasteiger partial charge in [-0.2, -0.15) is 4.31 Å². The van der Waals surface area contributed by atoms with E-state index in [0.717, 1.165) is 6.42 Å². The Hall–Kier alpha value is -1.44. The fourth-order valence-electron chi connectivity index (χ4n) is 2.52. The molecule has 1 atom stereocenters. The summed E-state index contributed by atoms with van der Waals surface area (Å²) >= 11 is 0. The Morgan fingerprint density at radius 1 is 1.38 bits per heavy atom. The summed E-state index contributed by atoms with van der Waals surface area (Å²) in [6, 6.07) is 5.71. The molecule has 0 radical (unpaired) electrons. The standard InChI is InChI=1S/C14H20N2O4S/c1-3-12-10-16(8-7-15(12)2)21(19,20)13-6-4-5-11(9-13)14(17)18/h4-6,9,12H,3,7-8,10H2,1-2H3,(H,17,18). The van der Waals surface area contributed by atoms with Crippen molar-refractivity contribution in [3.05, 3.63) is 29.8 Å². The van der Waals surface area contributed by atoms with Crippen LogP contribution in [0, 0.1) is 0 Å². The highest BCUT2D eigenvalue weighted by atomic mass is 32.2. The van der Waals surface area contributed by atoms with Gasteiger partial charge in [0.2, 0.25) is 10.0 Å². The molecule has 1 heterocycles. The van der Waals surface area contributed by atoms with E-state index in [0.29, 0.717) is 19.6 Å². The number of sulfonamides is 1. The number of piperazine rings is 1. The van der Waals surface area contributed by atoms with E-state index in [2.05, 4.69) is 4.90 Å². The maximum absolute atomic E-state index is 12.6. The summed E-state index contributed by atoms with van der Waals surface area (Å²) in [5.41, 5.74) is -0.0164. The van der Waals surface area contributed by atoms with Crippen LogP contribution in [0.4, 0.5) is 0 Å². The van der Waals surface area contributed by atoms with Crippen LogP contribution in [0.25, 0.3) is 0 Å². The zero-order chi connectivity index (χ0) is 15.6. The Morgan fingerprint density at radius 3 is 2.71 bits per heavy atom. The summed E-state index contributed by atoms with van der Waals surface area (Å²) in [6.45, 7) is 3.57. The first-order valence-corrected chi connectivity index (χ1v) is 8.34. The van der Waals surface area contributed by atoms with Crippen LogP contribution in [0.5, 0.6) is 0 Å². The van der Waals surface area contributed by atoms with Crippen molar-refractivity contribution in [3.8, 4) is 0 Å². The van der Waals surface area contributed by atoms with E-state index in [1.54, 1.807) is 0 Å². The van der Waals surface area contributed by atoms with Crippen molar-refractivity contribution in [2.45, 2.75) is 24.3 Å². The van der Waals surface area contributed by atoms with Crippen molar-refractivity contribution in [1.82, 2.24) is 9.21 Å². The van der Waals surface area contributed by atoms with Crippen LogP contribution >= 0.6 is 0 Å². The lowest BCUT2D eigenvalue weighted by molar-refractivity contribution is 0.0696. The van der Waals surface area contributed by atoms with E-state index in [1.807, 2.05) is 14.0 Å². The number of carboxylic acid groups (broad SMARTS) is 1. The Morgan fingerprint density at radius 2 is 2.10 bits per heavy atom. The number of carbonyl (C=O) groups is 1. The molecule has 1 N–H and O–H groups in total. The van der Waals surface area contributed by atoms with Gasteiger partial charge in [-0.25, -0.2) is 13.2 Å². The average molecular weight is 312 g/mol. The minimum absolute atomic E-state index is 0.0164. The van der Waals surface area contributed by atoms with Gasteiger partial charge in [-0.05, 0) is 31.7 Å². The number of rotatable bonds is 4. The van der Waals surface area contributed by atoms with E-state index in [1.165, 1.54) is 28.6 Å². The average Bonchev–Trinajstić information content (AvgIpc) is 2.47. The van der Waals surface area contributed by atoms with Crippen molar-refractivity contribution in [1.29, 1.82) is 0 Å². The molecule has 0 bridgehead atoms. The molecule has 7 heteroatoms. The predicted octanol–water partition coefficient (Wildman–Crippen LogP) is 1.10. The Balaban J connectivity index is 2.30. The molecule has 0 aliphatic carbocycles. The normalized spacial score (nSPS) is 21.3. The van der Waals surface area contributed by atoms with Crippen molar-refractivity contribution in [3.63, 3.8) is 0 Å². The molecule has 1 aromatic rings. The van der Waals surface area contributed by atoms with E-state index in [4.69, 9.17) is 5.11 Å². The first-order chi connectivity index (χ1) is 9.86. The van der Waals surface area contributed by atoms with Gasteiger partial charge >= 0.3 is 5.97 Å². The van der Waals surface area contributed by atoms with Crippen LogP contribution in [0.1, 0.15) is 23.7 Å². The van der Waals surface area contributed by atoms with Crippen molar-refractivity contribution in [2.24, 2.45) is 0 Å². The van der Waals surface area contributed by atoms with Gasteiger partial charge in [0.05, 0.1) is 10.5 Å². The van der Waals surface area contributed by atoms with Gasteiger partial charge in [0.15, 0.2) is 0 Å². The van der Waals surface area contributed by atoms with Gasteiger partial charge < -0.3 is 10.0 Å². The number of hydrogen-bond donors (Lipinski definition) is 1. The molecule has 116 valence electrons. The zero-order valence-electron chi connectivity index (χ0n) is 12.2. The quantitative estimate of drug-likeness (QED) is 0.901. The molecular formula is C14H20N2O4S. The minimum Gasteiger partial charge on any atom is -0.478 e. The number of likely N-dealkylation sites (N-methyl/N-ethyl adjacent to an activating group) is 1. The topological polar surface area (TPSA) is 77.9 Å². The number of aromatic carboxylic acids is 1. The number of nitrogens with zero attached hydrogens (tertiary/aromatic N) is 2. The molecule has 21 heavy (non-hydrogen) atoms. The van der Waals surface area contributed by atoms with Crippen molar-refractivity contribution < 1.29 is 18.3 Å². The van der Waals surface area contributed by atoms with Crippen LogP contribution in [0.3, 0.4) is 0 Å². The number of benzene rings is 1. The summed E-state index contributed by atoms with van der Waals surface area (Å²) in [4.78, 5) is 13.2. The summed E-state index contributed by atoms with van der Waals surface area (Å²) in [5.74, 6) is -1.13. The third kappa shape index (κ3) is 3.25. The minimum atomic E-state index is -3.64. The second-order valence-corrected chi connectivity index (χ2v) is 7.18. The van der Waals surface area contributed by atoms with Gasteiger partial charge in [0.25, 0.3) is 0 Å². The second kappa shape index (κ2) is 6.13. The maximum atomic E-state index is 12.6. The monoisotopic (exact) mass is 312 g/mol. The lowest BCUT2D eigenvalue weighted by Crippen LogP contribution is -2.52. The number of hydrogen-bond acceptors (Lipinski definition) is 4. The van der Waals surface area contributed by atoms with Crippen LogP contribution in [-0.2, 0) is 10.0 Å². The largest absolute Gasteiger partial charge is 0.478 e. The number of carboxylic acids is 1. The van der Waals surface area contributed by atoms with Gasteiger partial charge in [0, 0.05) is 25.7 Å². The van der Waals surface area contributed by atoms with Crippen LogP contribution < -0.4 is 0 Å². The molecule has 1 aliphatic heterocycles. The summed E-state index contributed by atoms with van der Waals surface area (Å²) in [5, 5.41) is 8.99. The lowest BCUT2D eigenvalue weighted by atomic mass is 10.1. The molecule has 1 fully saturated rings. The first-order valence-electron chi connectivity index (χ1n) is 6.90. The van der Waals surface area contributed by atoms with Crippen LogP contribution in [0.2, 0.25) is 0 Å². The lowest BCUT2D eigenvalue weighted by Gasteiger charge is -2.38. The molecule has 2 rings (SSSR count). The predicted molar refractivity (Wildman–Crippen MR) is 78.9 cm³/mol. The Labute approximate surface area is 125 Å². The highest BCUT2D eigenvalue weighted by molar-refractivity contribution is 7.89. The third-order valence-corrected chi connectivity index (χ3v) is 5.79. The third-order valence-electron chi connectivity index (χ3n) is 3.93. The zero-order valence-corrected chi connectivity index (χ0v) is 13.0. The van der Waals surface area contributed by atoms with Crippen LogP contribution in [-0.4, -0.2) is 61.4 Å². The van der Waals surface area contributed by atoms with Crippen molar-refractivity contribution >= 4 is 16.0 Å². The van der Waals surface area contributed by atoms with Gasteiger partial charge in [-0.3, -0.25) is 0 Å². The molecule has 0 spiro atoms. The molecule has 0 saturated carbocycles. The fraction of sp³-hybridized carbons (Fsp3) is 0.500. The molecule has 1 unspecified atom stereocenters. The van der Waals surface area contributed by atoms with Gasteiger partial charge in [-0.1, -0.05) is 13.0 Å². The fourth-order valence-corrected chi connectivity index (χ4v) is 4.03. The first kappa shape index (κ1) is 15.9. The maximum Gasteiger partial charge on any atom is 0.335 e. The van der Waals surface area contributed by atoms with E-state index >= 15 is 0 Å². The molecule has 1 aromatic carbocycles. The molecule has 1 aliphatic rings. The molecule has 6 nitrogen and oxygen atoms in total. The van der Waals surface area contributed by atoms with E-state index in [9.17, 15) is 13.2 Å². The Kier molecular flexibility index (Phi) is 4.65. The summed E-state index contributed by atoms with van der Waals surface area (Å²) < 4.78 is 26.7. The highest BCUT2D eigenvalue weighted by Crippen LogP contribution is 2.21. The Bertz CT molecular complexity index is 630. The van der Waals surface area contributed by atoms with Crippen molar-refractivity contribution in [2.75, 3.05) is 26.7 Å². The SMILES string of the molecule is CCC1CN(S(=O)(=O)c2cccc(C(=O)O)c2)CCN1C. The summed E-state index contributed by atoms with van der Waals surface area (Å²) in [6.07, 6.45) is 0.873. The molecule has 0 amide bonds.